The van der Waals surface area contributed by atoms with Gasteiger partial charge in [-0.2, -0.15) is 0 Å². The molecule has 2 N–H and O–H groups in total. The minimum atomic E-state index is -3.19. The van der Waals surface area contributed by atoms with Crippen molar-refractivity contribution in [3.8, 4) is 5.75 Å². The zero-order chi connectivity index (χ0) is 14.5. The Labute approximate surface area is 114 Å². The Morgan fingerprint density at radius 1 is 1.32 bits per heavy atom. The van der Waals surface area contributed by atoms with Crippen molar-refractivity contribution in [2.75, 3.05) is 26.0 Å². The number of hydrogen-bond donors (Lipinski definition) is 2. The highest BCUT2D eigenvalue weighted by atomic mass is 32.2. The van der Waals surface area contributed by atoms with Gasteiger partial charge in [0.05, 0.1) is 4.90 Å². The third kappa shape index (κ3) is 5.59. The monoisotopic (exact) mass is 287 g/mol. The van der Waals surface area contributed by atoms with Gasteiger partial charge >= 0.3 is 0 Å². The Morgan fingerprint density at radius 2 is 1.89 bits per heavy atom. The van der Waals surface area contributed by atoms with Gasteiger partial charge in [-0.05, 0) is 37.7 Å². The van der Waals surface area contributed by atoms with Crippen LogP contribution in [-0.4, -0.2) is 45.1 Å². The van der Waals surface area contributed by atoms with Crippen LogP contribution < -0.4 is 10.1 Å². The molecule has 0 heterocycles. The quantitative estimate of drug-likeness (QED) is 0.777. The van der Waals surface area contributed by atoms with Crippen molar-refractivity contribution in [2.45, 2.75) is 24.3 Å². The molecular formula is C13H21NO4S. The predicted octanol–water partition coefficient (Wildman–Crippen LogP) is 0.829. The summed E-state index contributed by atoms with van der Waals surface area (Å²) < 4.78 is 28.0. The van der Waals surface area contributed by atoms with Gasteiger partial charge in [0.1, 0.15) is 18.0 Å². The number of sulfone groups is 1. The van der Waals surface area contributed by atoms with Crippen LogP contribution in [0, 0.1) is 0 Å². The van der Waals surface area contributed by atoms with E-state index >= 15 is 0 Å². The summed E-state index contributed by atoms with van der Waals surface area (Å²) in [6.07, 6.45) is 1.16. The first-order valence-electron chi connectivity index (χ1n) is 6.10. The van der Waals surface area contributed by atoms with Crippen LogP contribution in [-0.2, 0) is 9.84 Å². The van der Waals surface area contributed by atoms with Gasteiger partial charge in [0.25, 0.3) is 0 Å². The highest BCUT2D eigenvalue weighted by molar-refractivity contribution is 7.90. The topological polar surface area (TPSA) is 75.6 Å². The lowest BCUT2D eigenvalue weighted by atomic mass is 10.1. The fourth-order valence-corrected chi connectivity index (χ4v) is 2.10. The molecule has 0 radical (unpaired) electrons. The molecule has 1 aromatic rings. The second-order valence-corrected chi connectivity index (χ2v) is 6.83. The zero-order valence-electron chi connectivity index (χ0n) is 11.5. The number of rotatable bonds is 7. The summed E-state index contributed by atoms with van der Waals surface area (Å²) in [5.74, 6) is 0.532. The van der Waals surface area contributed by atoms with Crippen LogP contribution in [0.25, 0.3) is 0 Å². The van der Waals surface area contributed by atoms with Gasteiger partial charge in [0.2, 0.25) is 0 Å². The van der Waals surface area contributed by atoms with E-state index in [4.69, 9.17) is 4.74 Å². The number of hydrogen-bond acceptors (Lipinski definition) is 5. The number of benzene rings is 1. The maximum absolute atomic E-state index is 11.3. The summed E-state index contributed by atoms with van der Waals surface area (Å²) >= 11 is 0. The lowest BCUT2D eigenvalue weighted by Crippen LogP contribution is -2.42. The molecule has 0 fully saturated rings. The van der Waals surface area contributed by atoms with Gasteiger partial charge in [-0.15, -0.1) is 0 Å². The fraction of sp³-hybridized carbons (Fsp3) is 0.538. The van der Waals surface area contributed by atoms with E-state index in [1.165, 1.54) is 12.1 Å². The van der Waals surface area contributed by atoms with Gasteiger partial charge in [-0.3, -0.25) is 0 Å². The maximum Gasteiger partial charge on any atom is 0.175 e. The van der Waals surface area contributed by atoms with E-state index in [1.54, 1.807) is 19.1 Å². The Morgan fingerprint density at radius 3 is 2.37 bits per heavy atom. The molecule has 0 aromatic heterocycles. The van der Waals surface area contributed by atoms with Gasteiger partial charge in [0, 0.05) is 12.8 Å². The van der Waals surface area contributed by atoms with Crippen LogP contribution >= 0.6 is 0 Å². The van der Waals surface area contributed by atoms with E-state index in [0.29, 0.717) is 12.3 Å². The Bertz CT molecular complexity index is 494. The summed E-state index contributed by atoms with van der Waals surface area (Å²) in [4.78, 5) is 0.249. The van der Waals surface area contributed by atoms with Crippen molar-refractivity contribution in [3.63, 3.8) is 0 Å². The average Bonchev–Trinajstić information content (AvgIpc) is 2.34. The molecule has 1 unspecified atom stereocenters. The first kappa shape index (κ1) is 15.9. The van der Waals surface area contributed by atoms with E-state index in [1.807, 2.05) is 6.92 Å². The zero-order valence-corrected chi connectivity index (χ0v) is 12.3. The average molecular weight is 287 g/mol. The molecule has 0 amide bonds. The van der Waals surface area contributed by atoms with Crippen LogP contribution in [0.5, 0.6) is 5.75 Å². The Balaban J connectivity index is 2.59. The van der Waals surface area contributed by atoms with Crippen molar-refractivity contribution < 1.29 is 18.3 Å². The second kappa shape index (κ2) is 6.36. The fourth-order valence-electron chi connectivity index (χ4n) is 1.47. The predicted molar refractivity (Wildman–Crippen MR) is 74.2 cm³/mol. The molecule has 6 heteroatoms. The van der Waals surface area contributed by atoms with E-state index in [0.717, 1.165) is 12.8 Å². The van der Waals surface area contributed by atoms with E-state index in [9.17, 15) is 13.5 Å². The van der Waals surface area contributed by atoms with Crippen molar-refractivity contribution in [1.29, 1.82) is 0 Å². The highest BCUT2D eigenvalue weighted by Gasteiger charge is 2.20. The molecule has 108 valence electrons. The summed E-state index contributed by atoms with van der Waals surface area (Å²) in [5, 5.41) is 13.1. The molecule has 1 rings (SSSR count). The molecule has 1 aromatic carbocycles. The molecule has 0 spiro atoms. The van der Waals surface area contributed by atoms with Crippen LogP contribution in [0.2, 0.25) is 0 Å². The molecule has 5 nitrogen and oxygen atoms in total. The lowest BCUT2D eigenvalue weighted by molar-refractivity contribution is 0.0127. The van der Waals surface area contributed by atoms with Crippen molar-refractivity contribution in [3.05, 3.63) is 24.3 Å². The largest absolute Gasteiger partial charge is 0.491 e. The normalized spacial score (nSPS) is 14.9. The molecule has 0 saturated carbocycles. The highest BCUT2D eigenvalue weighted by Crippen LogP contribution is 2.17. The van der Waals surface area contributed by atoms with E-state index < -0.39 is 15.4 Å². The number of aliphatic hydroxyl groups is 1. The minimum absolute atomic E-state index is 0.137. The molecule has 19 heavy (non-hydrogen) atoms. The Kier molecular flexibility index (Phi) is 5.34. The summed E-state index contributed by atoms with van der Waals surface area (Å²) in [6.45, 7) is 4.99. The molecule has 0 aliphatic rings. The molecule has 0 saturated heterocycles. The Hall–Kier alpha value is -1.11. The van der Waals surface area contributed by atoms with Crippen molar-refractivity contribution >= 4 is 9.84 Å². The number of nitrogens with one attached hydrogen (secondary N) is 1. The molecular weight excluding hydrogens is 266 g/mol. The van der Waals surface area contributed by atoms with Crippen molar-refractivity contribution in [2.24, 2.45) is 0 Å². The lowest BCUT2D eigenvalue weighted by Gasteiger charge is -2.23. The van der Waals surface area contributed by atoms with Crippen LogP contribution in [0.1, 0.15) is 13.8 Å². The molecule has 1 atom stereocenters. The first-order valence-corrected chi connectivity index (χ1v) is 8.00. The summed E-state index contributed by atoms with van der Waals surface area (Å²) in [5.41, 5.74) is -0.967. The van der Waals surface area contributed by atoms with Crippen LogP contribution in [0.4, 0.5) is 0 Å². The molecule has 0 aliphatic heterocycles. The van der Waals surface area contributed by atoms with Gasteiger partial charge in [0.15, 0.2) is 9.84 Å². The minimum Gasteiger partial charge on any atom is -0.491 e. The van der Waals surface area contributed by atoms with Crippen LogP contribution in [0.3, 0.4) is 0 Å². The third-order valence-corrected chi connectivity index (χ3v) is 3.69. The van der Waals surface area contributed by atoms with Gasteiger partial charge in [-0.25, -0.2) is 8.42 Å². The standard InChI is InChI=1S/C13H21NO4S/c1-4-14-9-13(2,15)10-18-11-5-7-12(8-6-11)19(3,16)17/h5-8,14-15H,4,9-10H2,1-3H3. The van der Waals surface area contributed by atoms with Crippen LogP contribution in [0.15, 0.2) is 29.2 Å². The number of likely N-dealkylation sites (N-methyl/N-ethyl adjacent to an activating group) is 1. The van der Waals surface area contributed by atoms with Crippen molar-refractivity contribution in [1.82, 2.24) is 5.32 Å². The summed E-state index contributed by atoms with van der Waals surface area (Å²) in [6, 6.07) is 6.15. The number of ether oxygens (including phenoxy) is 1. The maximum atomic E-state index is 11.3. The first-order chi connectivity index (χ1) is 8.74. The molecule has 0 bridgehead atoms. The smallest absolute Gasteiger partial charge is 0.175 e. The van der Waals surface area contributed by atoms with E-state index in [-0.39, 0.29) is 11.5 Å². The second-order valence-electron chi connectivity index (χ2n) is 4.81. The SMILES string of the molecule is CCNCC(C)(O)COc1ccc(S(C)(=O)=O)cc1. The van der Waals surface area contributed by atoms with E-state index in [2.05, 4.69) is 5.32 Å². The third-order valence-electron chi connectivity index (χ3n) is 2.56. The van der Waals surface area contributed by atoms with Gasteiger partial charge < -0.3 is 15.2 Å². The summed E-state index contributed by atoms with van der Waals surface area (Å²) in [7, 11) is -3.19. The van der Waals surface area contributed by atoms with Gasteiger partial charge in [-0.1, -0.05) is 6.92 Å². The molecule has 0 aliphatic carbocycles.